The predicted octanol–water partition coefficient (Wildman–Crippen LogP) is 1.70. The van der Waals surface area contributed by atoms with E-state index < -0.39 is 0 Å². The fraction of sp³-hybridized carbons (Fsp3) is 0.643. The van der Waals surface area contributed by atoms with Crippen molar-refractivity contribution in [1.82, 2.24) is 15.2 Å². The Morgan fingerprint density at radius 2 is 2.41 bits per heavy atom. The zero-order chi connectivity index (χ0) is 11.9. The largest absolute Gasteiger partial charge is 0.313 e. The van der Waals surface area contributed by atoms with Gasteiger partial charge in [0.05, 0.1) is 0 Å². The summed E-state index contributed by atoms with van der Waals surface area (Å²) in [6, 6.07) is 6.86. The van der Waals surface area contributed by atoms with Gasteiger partial charge in [-0.1, -0.05) is 13.0 Å². The molecule has 0 amide bonds. The standard InChI is InChI=1S/C14H23N3/c1-2-17(12-14-7-5-10-16-14)11-8-13-6-3-4-9-15-13/h3-4,6,9,14,16H,2,5,7-8,10-12H2,1H3. The summed E-state index contributed by atoms with van der Waals surface area (Å²) < 4.78 is 0. The Labute approximate surface area is 104 Å². The zero-order valence-electron chi connectivity index (χ0n) is 10.7. The lowest BCUT2D eigenvalue weighted by molar-refractivity contribution is 0.263. The van der Waals surface area contributed by atoms with E-state index in [1.165, 1.54) is 31.6 Å². The Balaban J connectivity index is 1.75. The SMILES string of the molecule is CCN(CCc1ccccn1)CC1CCCN1. The summed E-state index contributed by atoms with van der Waals surface area (Å²) in [4.78, 5) is 6.90. The molecular weight excluding hydrogens is 210 g/mol. The number of pyridine rings is 1. The predicted molar refractivity (Wildman–Crippen MR) is 71.1 cm³/mol. The summed E-state index contributed by atoms with van der Waals surface area (Å²) in [5, 5.41) is 3.56. The van der Waals surface area contributed by atoms with E-state index in [0.29, 0.717) is 6.04 Å². The van der Waals surface area contributed by atoms with Crippen molar-refractivity contribution in [3.63, 3.8) is 0 Å². The van der Waals surface area contributed by atoms with Gasteiger partial charge in [0.2, 0.25) is 0 Å². The van der Waals surface area contributed by atoms with Gasteiger partial charge in [-0.05, 0) is 38.1 Å². The highest BCUT2D eigenvalue weighted by atomic mass is 15.1. The molecule has 17 heavy (non-hydrogen) atoms. The summed E-state index contributed by atoms with van der Waals surface area (Å²) in [7, 11) is 0. The Bertz CT molecular complexity index is 307. The Morgan fingerprint density at radius 1 is 1.47 bits per heavy atom. The van der Waals surface area contributed by atoms with Crippen LogP contribution in [0.4, 0.5) is 0 Å². The van der Waals surface area contributed by atoms with Gasteiger partial charge >= 0.3 is 0 Å². The van der Waals surface area contributed by atoms with Gasteiger partial charge in [-0.3, -0.25) is 4.98 Å². The molecule has 0 radical (unpaired) electrons. The number of nitrogens with zero attached hydrogens (tertiary/aromatic N) is 2. The number of aromatic nitrogens is 1. The number of likely N-dealkylation sites (N-methyl/N-ethyl adjacent to an activating group) is 1. The zero-order valence-corrected chi connectivity index (χ0v) is 10.7. The molecule has 1 aliphatic heterocycles. The van der Waals surface area contributed by atoms with Crippen LogP contribution in [0.3, 0.4) is 0 Å². The second-order valence-corrected chi connectivity index (χ2v) is 4.76. The lowest BCUT2D eigenvalue weighted by atomic mass is 10.2. The summed E-state index contributed by atoms with van der Waals surface area (Å²) in [6.45, 7) is 6.87. The minimum atomic E-state index is 0.707. The van der Waals surface area contributed by atoms with Gasteiger partial charge in [-0.25, -0.2) is 0 Å². The monoisotopic (exact) mass is 233 g/mol. The molecule has 0 saturated carbocycles. The first-order valence-electron chi connectivity index (χ1n) is 6.74. The van der Waals surface area contributed by atoms with Crippen molar-refractivity contribution in [3.05, 3.63) is 30.1 Å². The van der Waals surface area contributed by atoms with Crippen molar-refractivity contribution in [1.29, 1.82) is 0 Å². The van der Waals surface area contributed by atoms with E-state index in [4.69, 9.17) is 0 Å². The van der Waals surface area contributed by atoms with Crippen LogP contribution in [-0.2, 0) is 6.42 Å². The molecule has 1 N–H and O–H groups in total. The average Bonchev–Trinajstić information content (AvgIpc) is 2.88. The van der Waals surface area contributed by atoms with Crippen LogP contribution in [0, 0.1) is 0 Å². The molecule has 1 atom stereocenters. The Kier molecular flexibility index (Phi) is 4.95. The third kappa shape index (κ3) is 4.10. The normalized spacial score (nSPS) is 20.0. The van der Waals surface area contributed by atoms with E-state index in [2.05, 4.69) is 34.3 Å². The average molecular weight is 233 g/mol. The van der Waals surface area contributed by atoms with Crippen molar-refractivity contribution in [3.8, 4) is 0 Å². The first-order chi connectivity index (χ1) is 8.38. The van der Waals surface area contributed by atoms with Crippen LogP contribution < -0.4 is 5.32 Å². The van der Waals surface area contributed by atoms with Gasteiger partial charge in [0.15, 0.2) is 0 Å². The van der Waals surface area contributed by atoms with Crippen LogP contribution >= 0.6 is 0 Å². The molecular formula is C14H23N3. The smallest absolute Gasteiger partial charge is 0.0416 e. The second kappa shape index (κ2) is 6.72. The van der Waals surface area contributed by atoms with E-state index in [9.17, 15) is 0 Å². The van der Waals surface area contributed by atoms with E-state index in [1.54, 1.807) is 0 Å². The maximum Gasteiger partial charge on any atom is 0.0416 e. The third-order valence-corrected chi connectivity index (χ3v) is 3.50. The molecule has 3 heteroatoms. The van der Waals surface area contributed by atoms with Crippen LogP contribution in [-0.4, -0.2) is 42.1 Å². The first-order valence-corrected chi connectivity index (χ1v) is 6.74. The quantitative estimate of drug-likeness (QED) is 0.810. The third-order valence-electron chi connectivity index (χ3n) is 3.50. The van der Waals surface area contributed by atoms with Crippen molar-refractivity contribution >= 4 is 0 Å². The van der Waals surface area contributed by atoms with Crippen LogP contribution in [0.5, 0.6) is 0 Å². The van der Waals surface area contributed by atoms with Crippen LogP contribution in [0.25, 0.3) is 0 Å². The summed E-state index contributed by atoms with van der Waals surface area (Å²) in [5.41, 5.74) is 1.20. The van der Waals surface area contributed by atoms with Crippen LogP contribution in [0.15, 0.2) is 24.4 Å². The van der Waals surface area contributed by atoms with Gasteiger partial charge in [0.1, 0.15) is 0 Å². The lowest BCUT2D eigenvalue weighted by Gasteiger charge is -2.23. The van der Waals surface area contributed by atoms with Gasteiger partial charge in [0, 0.05) is 37.4 Å². The highest BCUT2D eigenvalue weighted by molar-refractivity contribution is 5.03. The molecule has 1 aromatic heterocycles. The molecule has 2 rings (SSSR count). The molecule has 1 fully saturated rings. The van der Waals surface area contributed by atoms with Gasteiger partial charge < -0.3 is 10.2 Å². The molecule has 1 unspecified atom stereocenters. The minimum absolute atomic E-state index is 0.707. The van der Waals surface area contributed by atoms with E-state index >= 15 is 0 Å². The fourth-order valence-electron chi connectivity index (χ4n) is 2.42. The van der Waals surface area contributed by atoms with Crippen LogP contribution in [0.1, 0.15) is 25.5 Å². The number of hydrogen-bond donors (Lipinski definition) is 1. The molecule has 0 aromatic carbocycles. The van der Waals surface area contributed by atoms with Gasteiger partial charge in [-0.2, -0.15) is 0 Å². The molecule has 3 nitrogen and oxygen atoms in total. The molecule has 1 saturated heterocycles. The maximum atomic E-state index is 4.37. The first kappa shape index (κ1) is 12.5. The molecule has 94 valence electrons. The Morgan fingerprint density at radius 3 is 3.06 bits per heavy atom. The topological polar surface area (TPSA) is 28.2 Å². The minimum Gasteiger partial charge on any atom is -0.313 e. The van der Waals surface area contributed by atoms with E-state index in [-0.39, 0.29) is 0 Å². The number of nitrogens with one attached hydrogen (secondary N) is 1. The number of rotatable bonds is 6. The van der Waals surface area contributed by atoms with Crippen molar-refractivity contribution in [2.75, 3.05) is 26.2 Å². The molecule has 1 aliphatic rings. The molecule has 1 aromatic rings. The fourth-order valence-corrected chi connectivity index (χ4v) is 2.42. The molecule has 0 aliphatic carbocycles. The van der Waals surface area contributed by atoms with Gasteiger partial charge in [-0.15, -0.1) is 0 Å². The van der Waals surface area contributed by atoms with Crippen molar-refractivity contribution < 1.29 is 0 Å². The second-order valence-electron chi connectivity index (χ2n) is 4.76. The highest BCUT2D eigenvalue weighted by Crippen LogP contribution is 2.07. The van der Waals surface area contributed by atoms with Crippen LogP contribution in [0.2, 0.25) is 0 Å². The van der Waals surface area contributed by atoms with E-state index in [1.807, 2.05) is 12.3 Å². The molecule has 0 bridgehead atoms. The van der Waals surface area contributed by atoms with Crippen molar-refractivity contribution in [2.45, 2.75) is 32.2 Å². The lowest BCUT2D eigenvalue weighted by Crippen LogP contribution is -2.38. The van der Waals surface area contributed by atoms with E-state index in [0.717, 1.165) is 19.5 Å². The highest BCUT2D eigenvalue weighted by Gasteiger charge is 2.16. The molecule has 2 heterocycles. The maximum absolute atomic E-state index is 4.37. The van der Waals surface area contributed by atoms with Gasteiger partial charge in [0.25, 0.3) is 0 Å². The van der Waals surface area contributed by atoms with Crippen molar-refractivity contribution in [2.24, 2.45) is 0 Å². The summed E-state index contributed by atoms with van der Waals surface area (Å²) >= 11 is 0. The summed E-state index contributed by atoms with van der Waals surface area (Å²) in [5.74, 6) is 0. The Hall–Kier alpha value is -0.930. The summed E-state index contributed by atoms with van der Waals surface area (Å²) in [6.07, 6.45) is 5.61. The molecule has 0 spiro atoms. The number of hydrogen-bond acceptors (Lipinski definition) is 3.